The lowest BCUT2D eigenvalue weighted by Gasteiger charge is -2.07. The van der Waals surface area contributed by atoms with Crippen LogP contribution in [0.3, 0.4) is 0 Å². The highest BCUT2D eigenvalue weighted by atomic mass is 15.0. The van der Waals surface area contributed by atoms with Crippen molar-refractivity contribution in [2.45, 2.75) is 19.5 Å². The molecule has 0 amide bonds. The SMILES string of the molecule is c1ccc2cc(CNCCCn3ccnc3)ccc2c1. The monoisotopic (exact) mass is 265 g/mol. The number of imidazole rings is 1. The Bertz CT molecular complexity index is 659. The Kier molecular flexibility index (Phi) is 4.09. The van der Waals surface area contributed by atoms with Crippen molar-refractivity contribution in [1.29, 1.82) is 0 Å². The van der Waals surface area contributed by atoms with Gasteiger partial charge in [0.15, 0.2) is 0 Å². The smallest absolute Gasteiger partial charge is 0.0945 e. The fraction of sp³-hybridized carbons (Fsp3) is 0.235. The number of nitrogens with zero attached hydrogens (tertiary/aromatic N) is 2. The molecule has 1 N–H and O–H groups in total. The molecule has 20 heavy (non-hydrogen) atoms. The molecule has 0 spiro atoms. The van der Waals surface area contributed by atoms with Gasteiger partial charge in [-0.25, -0.2) is 4.98 Å². The number of aryl methyl sites for hydroxylation is 1. The first kappa shape index (κ1) is 12.9. The van der Waals surface area contributed by atoms with Gasteiger partial charge in [-0.05, 0) is 35.4 Å². The van der Waals surface area contributed by atoms with Crippen LogP contribution in [0.4, 0.5) is 0 Å². The number of hydrogen-bond donors (Lipinski definition) is 1. The van der Waals surface area contributed by atoms with Gasteiger partial charge in [0.25, 0.3) is 0 Å². The molecule has 3 heteroatoms. The van der Waals surface area contributed by atoms with Crippen molar-refractivity contribution in [2.75, 3.05) is 6.54 Å². The van der Waals surface area contributed by atoms with E-state index >= 15 is 0 Å². The summed E-state index contributed by atoms with van der Waals surface area (Å²) in [7, 11) is 0. The third kappa shape index (κ3) is 3.25. The van der Waals surface area contributed by atoms with E-state index in [0.717, 1.165) is 26.1 Å². The quantitative estimate of drug-likeness (QED) is 0.694. The number of nitrogens with one attached hydrogen (secondary N) is 1. The molecule has 1 heterocycles. The molecule has 0 fully saturated rings. The number of aromatic nitrogens is 2. The Morgan fingerprint density at radius 3 is 2.80 bits per heavy atom. The molecule has 0 bridgehead atoms. The van der Waals surface area contributed by atoms with Crippen molar-refractivity contribution in [1.82, 2.24) is 14.9 Å². The van der Waals surface area contributed by atoms with Crippen molar-refractivity contribution < 1.29 is 0 Å². The Morgan fingerprint density at radius 1 is 1.05 bits per heavy atom. The molecular weight excluding hydrogens is 246 g/mol. The van der Waals surface area contributed by atoms with E-state index < -0.39 is 0 Å². The third-order valence-corrected chi connectivity index (χ3v) is 3.47. The van der Waals surface area contributed by atoms with Crippen LogP contribution in [0.1, 0.15) is 12.0 Å². The minimum absolute atomic E-state index is 0.925. The van der Waals surface area contributed by atoms with Crippen LogP contribution in [0.2, 0.25) is 0 Å². The van der Waals surface area contributed by atoms with Crippen molar-refractivity contribution in [3.05, 3.63) is 66.7 Å². The zero-order valence-corrected chi connectivity index (χ0v) is 11.5. The Balaban J connectivity index is 1.47. The summed E-state index contributed by atoms with van der Waals surface area (Å²) in [6.07, 6.45) is 6.80. The molecule has 0 saturated carbocycles. The zero-order valence-electron chi connectivity index (χ0n) is 11.5. The van der Waals surface area contributed by atoms with Crippen LogP contribution < -0.4 is 5.32 Å². The van der Waals surface area contributed by atoms with Gasteiger partial charge in [0, 0.05) is 25.5 Å². The van der Waals surface area contributed by atoms with Gasteiger partial charge in [-0.1, -0.05) is 36.4 Å². The fourth-order valence-corrected chi connectivity index (χ4v) is 2.39. The lowest BCUT2D eigenvalue weighted by Crippen LogP contribution is -2.16. The predicted molar refractivity (Wildman–Crippen MR) is 82.5 cm³/mol. The lowest BCUT2D eigenvalue weighted by atomic mass is 10.1. The minimum Gasteiger partial charge on any atom is -0.337 e. The molecule has 0 radical (unpaired) electrons. The normalized spacial score (nSPS) is 11.0. The van der Waals surface area contributed by atoms with E-state index in [1.54, 1.807) is 0 Å². The van der Waals surface area contributed by atoms with Gasteiger partial charge >= 0.3 is 0 Å². The van der Waals surface area contributed by atoms with Gasteiger partial charge in [-0.2, -0.15) is 0 Å². The molecule has 3 rings (SSSR count). The number of fused-ring (bicyclic) bond motifs is 1. The molecule has 102 valence electrons. The third-order valence-electron chi connectivity index (χ3n) is 3.47. The van der Waals surface area contributed by atoms with Gasteiger partial charge in [0.1, 0.15) is 0 Å². The lowest BCUT2D eigenvalue weighted by molar-refractivity contribution is 0.581. The average Bonchev–Trinajstić information content (AvgIpc) is 3.00. The van der Waals surface area contributed by atoms with E-state index in [0.29, 0.717) is 0 Å². The molecule has 0 aliphatic rings. The summed E-state index contributed by atoms with van der Waals surface area (Å²) in [5.74, 6) is 0. The molecule has 0 aliphatic carbocycles. The second-order valence-corrected chi connectivity index (χ2v) is 5.01. The first-order chi connectivity index (χ1) is 9.92. The minimum atomic E-state index is 0.925. The Hall–Kier alpha value is -2.13. The number of benzene rings is 2. The Morgan fingerprint density at radius 2 is 1.95 bits per heavy atom. The molecule has 3 aromatic rings. The van der Waals surface area contributed by atoms with Crippen LogP contribution in [0, 0.1) is 0 Å². The summed E-state index contributed by atoms with van der Waals surface area (Å²) in [5, 5.41) is 6.11. The van der Waals surface area contributed by atoms with Gasteiger partial charge in [0.2, 0.25) is 0 Å². The zero-order chi connectivity index (χ0) is 13.6. The van der Waals surface area contributed by atoms with E-state index in [4.69, 9.17) is 0 Å². The van der Waals surface area contributed by atoms with E-state index in [1.807, 2.05) is 18.7 Å². The van der Waals surface area contributed by atoms with E-state index in [9.17, 15) is 0 Å². The molecule has 0 saturated heterocycles. The average molecular weight is 265 g/mol. The molecule has 0 unspecified atom stereocenters. The van der Waals surface area contributed by atoms with E-state index in [-0.39, 0.29) is 0 Å². The topological polar surface area (TPSA) is 29.9 Å². The second kappa shape index (κ2) is 6.35. The maximum Gasteiger partial charge on any atom is 0.0945 e. The highest BCUT2D eigenvalue weighted by molar-refractivity contribution is 5.82. The van der Waals surface area contributed by atoms with Crippen LogP contribution in [0.5, 0.6) is 0 Å². The van der Waals surface area contributed by atoms with Crippen molar-refractivity contribution in [3.8, 4) is 0 Å². The Labute approximate surface area is 119 Å². The fourth-order valence-electron chi connectivity index (χ4n) is 2.39. The van der Waals surface area contributed by atoms with Crippen LogP contribution >= 0.6 is 0 Å². The standard InChI is InChI=1S/C17H19N3/c1-2-5-17-12-15(6-7-16(17)4-1)13-18-8-3-10-20-11-9-19-14-20/h1-2,4-7,9,11-12,14,18H,3,8,10,13H2. The first-order valence-electron chi connectivity index (χ1n) is 7.06. The summed E-state index contributed by atoms with van der Waals surface area (Å²) in [6, 6.07) is 15.1. The molecule has 0 atom stereocenters. The van der Waals surface area contributed by atoms with Crippen LogP contribution in [0.15, 0.2) is 61.2 Å². The van der Waals surface area contributed by atoms with Crippen LogP contribution in [-0.4, -0.2) is 16.1 Å². The van der Waals surface area contributed by atoms with Gasteiger partial charge in [-0.3, -0.25) is 0 Å². The van der Waals surface area contributed by atoms with Crippen LogP contribution in [-0.2, 0) is 13.1 Å². The second-order valence-electron chi connectivity index (χ2n) is 5.01. The number of hydrogen-bond acceptors (Lipinski definition) is 2. The molecular formula is C17H19N3. The maximum atomic E-state index is 4.04. The highest BCUT2D eigenvalue weighted by Gasteiger charge is 1.96. The van der Waals surface area contributed by atoms with Gasteiger partial charge in [0.05, 0.1) is 6.33 Å². The molecule has 0 aliphatic heterocycles. The maximum absolute atomic E-state index is 4.04. The van der Waals surface area contributed by atoms with Gasteiger partial charge in [-0.15, -0.1) is 0 Å². The highest BCUT2D eigenvalue weighted by Crippen LogP contribution is 2.15. The molecule has 1 aromatic heterocycles. The molecule has 3 nitrogen and oxygen atoms in total. The molecule has 2 aromatic carbocycles. The summed E-state index contributed by atoms with van der Waals surface area (Å²) in [6.45, 7) is 2.96. The van der Waals surface area contributed by atoms with Crippen molar-refractivity contribution in [2.24, 2.45) is 0 Å². The largest absolute Gasteiger partial charge is 0.337 e. The number of rotatable bonds is 6. The first-order valence-corrected chi connectivity index (χ1v) is 7.06. The van der Waals surface area contributed by atoms with Crippen molar-refractivity contribution in [3.63, 3.8) is 0 Å². The summed E-state index contributed by atoms with van der Waals surface area (Å²) in [5.41, 5.74) is 1.34. The van der Waals surface area contributed by atoms with E-state index in [2.05, 4.69) is 57.3 Å². The van der Waals surface area contributed by atoms with Gasteiger partial charge < -0.3 is 9.88 Å². The van der Waals surface area contributed by atoms with Crippen LogP contribution in [0.25, 0.3) is 10.8 Å². The van der Waals surface area contributed by atoms with E-state index in [1.165, 1.54) is 16.3 Å². The summed E-state index contributed by atoms with van der Waals surface area (Å²) in [4.78, 5) is 4.04. The summed E-state index contributed by atoms with van der Waals surface area (Å²) < 4.78 is 2.11. The predicted octanol–water partition coefficient (Wildman–Crippen LogP) is 3.22. The summed E-state index contributed by atoms with van der Waals surface area (Å²) >= 11 is 0. The van der Waals surface area contributed by atoms with Crippen molar-refractivity contribution >= 4 is 10.8 Å².